The maximum Gasteiger partial charge on any atom is 0.310 e. The molecule has 0 spiro atoms. The summed E-state index contributed by atoms with van der Waals surface area (Å²) in [6.07, 6.45) is 0. The van der Waals surface area contributed by atoms with Crippen molar-refractivity contribution in [2.75, 3.05) is 20.2 Å². The fraction of sp³-hybridized carbons (Fsp3) is 0.462. The van der Waals surface area contributed by atoms with E-state index in [9.17, 15) is 9.18 Å². The van der Waals surface area contributed by atoms with Crippen molar-refractivity contribution in [3.63, 3.8) is 0 Å². The van der Waals surface area contributed by atoms with Crippen LogP contribution in [-0.4, -0.2) is 26.2 Å². The zero-order chi connectivity index (χ0) is 12.4. The molecule has 0 bridgehead atoms. The molecular weight excluding hydrogens is 221 g/mol. The summed E-state index contributed by atoms with van der Waals surface area (Å²) in [4.78, 5) is 11.6. The first kappa shape index (κ1) is 12.0. The molecule has 17 heavy (non-hydrogen) atoms. The maximum atomic E-state index is 13.0. The van der Waals surface area contributed by atoms with Gasteiger partial charge in [-0.25, -0.2) is 4.39 Å². The van der Waals surface area contributed by atoms with Crippen molar-refractivity contribution < 1.29 is 13.9 Å². The van der Waals surface area contributed by atoms with Crippen LogP contribution in [0.25, 0.3) is 0 Å². The van der Waals surface area contributed by atoms with E-state index in [1.807, 2.05) is 6.92 Å². The quantitative estimate of drug-likeness (QED) is 0.794. The number of aryl methyl sites for hydroxylation is 1. The summed E-state index contributed by atoms with van der Waals surface area (Å²) in [5, 5.41) is 3.18. The summed E-state index contributed by atoms with van der Waals surface area (Å²) in [6, 6.07) is 4.70. The van der Waals surface area contributed by atoms with Crippen LogP contribution in [0.4, 0.5) is 4.39 Å². The smallest absolute Gasteiger partial charge is 0.310 e. The fourth-order valence-corrected chi connectivity index (χ4v) is 2.46. The molecular formula is C13H16FNO2. The number of benzene rings is 1. The number of carbonyl (C=O) groups is 1. The van der Waals surface area contributed by atoms with Gasteiger partial charge < -0.3 is 10.1 Å². The van der Waals surface area contributed by atoms with Crippen LogP contribution in [0.2, 0.25) is 0 Å². The number of halogens is 1. The second-order valence-corrected chi connectivity index (χ2v) is 4.40. The van der Waals surface area contributed by atoms with E-state index in [0.717, 1.165) is 17.7 Å². The predicted molar refractivity (Wildman–Crippen MR) is 62.3 cm³/mol. The second-order valence-electron chi connectivity index (χ2n) is 4.40. The summed E-state index contributed by atoms with van der Waals surface area (Å²) in [5.41, 5.74) is 1.90. The van der Waals surface area contributed by atoms with Gasteiger partial charge in [-0.05, 0) is 30.2 Å². The van der Waals surface area contributed by atoms with Crippen molar-refractivity contribution in [3.8, 4) is 0 Å². The second kappa shape index (κ2) is 4.84. The van der Waals surface area contributed by atoms with Gasteiger partial charge in [-0.2, -0.15) is 0 Å². The van der Waals surface area contributed by atoms with Gasteiger partial charge in [0.25, 0.3) is 0 Å². The lowest BCUT2D eigenvalue weighted by Crippen LogP contribution is -2.23. The van der Waals surface area contributed by atoms with E-state index in [2.05, 4.69) is 5.32 Å². The summed E-state index contributed by atoms with van der Waals surface area (Å²) >= 11 is 0. The minimum Gasteiger partial charge on any atom is -0.469 e. The van der Waals surface area contributed by atoms with E-state index in [1.54, 1.807) is 6.07 Å². The van der Waals surface area contributed by atoms with E-state index in [4.69, 9.17) is 4.74 Å². The van der Waals surface area contributed by atoms with Crippen LogP contribution in [0.3, 0.4) is 0 Å². The standard InChI is InChI=1S/C13H16FNO2/c1-8-5-9(14)3-4-10(8)11-6-15-7-12(11)13(16)17-2/h3-5,11-12,15H,6-7H2,1-2H3/t11-,12+/m0/s1. The Bertz CT molecular complexity index is 433. The third-order valence-corrected chi connectivity index (χ3v) is 3.35. The van der Waals surface area contributed by atoms with E-state index < -0.39 is 0 Å². The van der Waals surface area contributed by atoms with E-state index in [1.165, 1.54) is 19.2 Å². The van der Waals surface area contributed by atoms with Crippen LogP contribution in [-0.2, 0) is 9.53 Å². The third kappa shape index (κ3) is 2.31. The Morgan fingerprint density at radius 2 is 2.24 bits per heavy atom. The minimum absolute atomic E-state index is 0.0723. The monoisotopic (exact) mass is 237 g/mol. The van der Waals surface area contributed by atoms with Crippen LogP contribution in [0, 0.1) is 18.7 Å². The summed E-state index contributed by atoms with van der Waals surface area (Å²) in [5.74, 6) is -0.553. The van der Waals surface area contributed by atoms with E-state index in [-0.39, 0.29) is 23.6 Å². The van der Waals surface area contributed by atoms with Crippen LogP contribution < -0.4 is 5.32 Å². The highest BCUT2D eigenvalue weighted by Gasteiger charge is 2.35. The van der Waals surface area contributed by atoms with E-state index >= 15 is 0 Å². The number of hydrogen-bond donors (Lipinski definition) is 1. The average Bonchev–Trinajstić information content (AvgIpc) is 2.77. The Balaban J connectivity index is 2.29. The van der Waals surface area contributed by atoms with Crippen molar-refractivity contribution in [1.29, 1.82) is 0 Å². The molecule has 0 saturated carbocycles. The molecule has 1 aromatic carbocycles. The molecule has 1 aliphatic heterocycles. The molecule has 3 nitrogen and oxygen atoms in total. The minimum atomic E-state index is -0.244. The zero-order valence-electron chi connectivity index (χ0n) is 10.00. The van der Waals surface area contributed by atoms with Gasteiger partial charge in [-0.1, -0.05) is 6.07 Å². The van der Waals surface area contributed by atoms with Crippen molar-refractivity contribution in [2.45, 2.75) is 12.8 Å². The topological polar surface area (TPSA) is 38.3 Å². The molecule has 1 aliphatic rings. The van der Waals surface area contributed by atoms with Crippen molar-refractivity contribution in [2.24, 2.45) is 5.92 Å². The molecule has 2 rings (SSSR count). The van der Waals surface area contributed by atoms with Crippen LogP contribution in [0.5, 0.6) is 0 Å². The van der Waals surface area contributed by atoms with Gasteiger partial charge in [0.05, 0.1) is 13.0 Å². The third-order valence-electron chi connectivity index (χ3n) is 3.35. The van der Waals surface area contributed by atoms with Gasteiger partial charge in [-0.3, -0.25) is 4.79 Å². The molecule has 92 valence electrons. The molecule has 1 N–H and O–H groups in total. The van der Waals surface area contributed by atoms with Crippen molar-refractivity contribution in [3.05, 3.63) is 35.1 Å². The lowest BCUT2D eigenvalue weighted by molar-refractivity contribution is -0.145. The Morgan fingerprint density at radius 3 is 2.88 bits per heavy atom. The number of esters is 1. The van der Waals surface area contributed by atoms with Gasteiger partial charge in [-0.15, -0.1) is 0 Å². The van der Waals surface area contributed by atoms with Gasteiger partial charge in [0.1, 0.15) is 5.82 Å². The first-order valence-corrected chi connectivity index (χ1v) is 5.68. The molecule has 0 radical (unpaired) electrons. The van der Waals surface area contributed by atoms with Crippen LogP contribution in [0.15, 0.2) is 18.2 Å². The first-order valence-electron chi connectivity index (χ1n) is 5.68. The molecule has 1 saturated heterocycles. The Kier molecular flexibility index (Phi) is 3.43. The summed E-state index contributed by atoms with van der Waals surface area (Å²) in [7, 11) is 1.40. The molecule has 0 aliphatic carbocycles. The molecule has 4 heteroatoms. The molecule has 2 atom stereocenters. The summed E-state index contributed by atoms with van der Waals surface area (Å²) in [6.45, 7) is 3.21. The Morgan fingerprint density at radius 1 is 1.47 bits per heavy atom. The Labute approximate surface area is 100.0 Å². The fourth-order valence-electron chi connectivity index (χ4n) is 2.46. The normalized spacial score (nSPS) is 23.7. The number of methoxy groups -OCH3 is 1. The largest absolute Gasteiger partial charge is 0.469 e. The zero-order valence-corrected chi connectivity index (χ0v) is 10.00. The highest BCUT2D eigenvalue weighted by atomic mass is 19.1. The van der Waals surface area contributed by atoms with Gasteiger partial charge >= 0.3 is 5.97 Å². The van der Waals surface area contributed by atoms with Crippen LogP contribution >= 0.6 is 0 Å². The van der Waals surface area contributed by atoms with Crippen molar-refractivity contribution in [1.82, 2.24) is 5.32 Å². The molecule has 0 unspecified atom stereocenters. The maximum absolute atomic E-state index is 13.0. The molecule has 1 fully saturated rings. The van der Waals surface area contributed by atoms with Crippen molar-refractivity contribution >= 4 is 5.97 Å². The Hall–Kier alpha value is -1.42. The molecule has 0 aromatic heterocycles. The average molecular weight is 237 g/mol. The number of carbonyl (C=O) groups excluding carboxylic acids is 1. The molecule has 0 amide bonds. The highest BCUT2D eigenvalue weighted by Crippen LogP contribution is 2.31. The van der Waals surface area contributed by atoms with E-state index in [0.29, 0.717) is 6.54 Å². The van der Waals surface area contributed by atoms with Crippen LogP contribution in [0.1, 0.15) is 17.0 Å². The number of rotatable bonds is 2. The van der Waals surface area contributed by atoms with Gasteiger partial charge in [0.15, 0.2) is 0 Å². The predicted octanol–water partition coefficient (Wildman–Crippen LogP) is 1.61. The van der Waals surface area contributed by atoms with Gasteiger partial charge in [0.2, 0.25) is 0 Å². The molecule has 1 aromatic rings. The number of ether oxygens (including phenoxy) is 1. The first-order chi connectivity index (χ1) is 8.13. The van der Waals surface area contributed by atoms with Gasteiger partial charge in [0, 0.05) is 19.0 Å². The number of hydrogen-bond acceptors (Lipinski definition) is 3. The highest BCUT2D eigenvalue weighted by molar-refractivity contribution is 5.74. The molecule has 1 heterocycles. The lowest BCUT2D eigenvalue weighted by Gasteiger charge is -2.18. The number of nitrogens with one attached hydrogen (secondary N) is 1. The lowest BCUT2D eigenvalue weighted by atomic mass is 9.86. The SMILES string of the molecule is COC(=O)[C@@H]1CNC[C@H]1c1ccc(F)cc1C. The summed E-state index contributed by atoms with van der Waals surface area (Å²) < 4.78 is 17.8.